The molecule has 1 unspecified atom stereocenters. The van der Waals surface area contributed by atoms with Crippen molar-refractivity contribution in [2.24, 2.45) is 0 Å². The van der Waals surface area contributed by atoms with E-state index in [9.17, 15) is 9.90 Å². The molecule has 1 aromatic carbocycles. The van der Waals surface area contributed by atoms with Crippen molar-refractivity contribution in [2.45, 2.75) is 45.1 Å². The normalized spacial score (nSPS) is 17.0. The van der Waals surface area contributed by atoms with E-state index >= 15 is 0 Å². The number of phenolic OH excluding ortho intramolecular Hbond substituents is 1. The number of phenols is 1. The summed E-state index contributed by atoms with van der Waals surface area (Å²) >= 11 is 0. The highest BCUT2D eigenvalue weighted by Crippen LogP contribution is 2.25. The number of nitrogens with zero attached hydrogens (tertiary/aromatic N) is 2. The lowest BCUT2D eigenvalue weighted by Gasteiger charge is -2.35. The predicted octanol–water partition coefficient (Wildman–Crippen LogP) is 4.31. The van der Waals surface area contributed by atoms with Gasteiger partial charge in [-0.25, -0.2) is 0 Å². The molecule has 1 aliphatic rings. The first kappa shape index (κ1) is 18.3. The van der Waals surface area contributed by atoms with Crippen molar-refractivity contribution in [3.05, 3.63) is 59.5 Å². The van der Waals surface area contributed by atoms with Gasteiger partial charge in [-0.2, -0.15) is 5.10 Å². The number of benzene rings is 1. The van der Waals surface area contributed by atoms with Crippen molar-refractivity contribution in [3.63, 3.8) is 0 Å². The van der Waals surface area contributed by atoms with E-state index in [1.807, 2.05) is 36.1 Å². The Kier molecular flexibility index (Phi) is 5.19. The van der Waals surface area contributed by atoms with Gasteiger partial charge in [-0.15, -0.1) is 0 Å². The Morgan fingerprint density at radius 1 is 1.25 bits per heavy atom. The molecular weight excluding hydrogens is 354 g/mol. The number of piperidine rings is 1. The average Bonchev–Trinajstić information content (AvgIpc) is 3.36. The quantitative estimate of drug-likeness (QED) is 0.692. The van der Waals surface area contributed by atoms with E-state index in [0.29, 0.717) is 17.1 Å². The first-order valence-corrected chi connectivity index (χ1v) is 9.81. The first-order chi connectivity index (χ1) is 13.6. The number of aromatic amines is 1. The van der Waals surface area contributed by atoms with Crippen LogP contribution in [0.3, 0.4) is 0 Å². The summed E-state index contributed by atoms with van der Waals surface area (Å²) in [5.74, 6) is 1.76. The third-order valence-electron chi connectivity index (χ3n) is 5.39. The van der Waals surface area contributed by atoms with Gasteiger partial charge >= 0.3 is 0 Å². The fraction of sp³-hybridized carbons (Fsp3) is 0.364. The van der Waals surface area contributed by atoms with Gasteiger partial charge in [0, 0.05) is 18.7 Å². The minimum atomic E-state index is -0.0267. The molecule has 1 fully saturated rings. The number of furan rings is 1. The van der Waals surface area contributed by atoms with Crippen LogP contribution in [-0.2, 0) is 6.42 Å². The standard InChI is InChI=1S/C22H25N3O3/c1-15-5-12-21(28-15)19-14-20(24-23-19)22(27)25-13-3-2-4-17(25)9-6-16-7-10-18(26)11-8-16/h5,7-8,10-12,14,17,26H,2-4,6,9,13H2,1H3,(H,23,24). The average molecular weight is 379 g/mol. The summed E-state index contributed by atoms with van der Waals surface area (Å²) in [4.78, 5) is 15.1. The Labute approximate surface area is 164 Å². The number of hydrogen-bond acceptors (Lipinski definition) is 4. The van der Waals surface area contributed by atoms with Crippen molar-refractivity contribution in [1.29, 1.82) is 0 Å². The minimum absolute atomic E-state index is 0.0267. The monoisotopic (exact) mass is 379 g/mol. The highest BCUT2D eigenvalue weighted by Gasteiger charge is 2.29. The molecule has 1 aliphatic heterocycles. The molecule has 3 aromatic rings. The Morgan fingerprint density at radius 3 is 2.82 bits per heavy atom. The van der Waals surface area contributed by atoms with Crippen LogP contribution in [0.25, 0.3) is 11.5 Å². The molecule has 1 amide bonds. The second-order valence-electron chi connectivity index (χ2n) is 7.43. The van der Waals surface area contributed by atoms with Gasteiger partial charge in [-0.1, -0.05) is 12.1 Å². The molecule has 28 heavy (non-hydrogen) atoms. The molecule has 1 atom stereocenters. The van der Waals surface area contributed by atoms with Gasteiger partial charge < -0.3 is 14.4 Å². The van der Waals surface area contributed by atoms with E-state index in [-0.39, 0.29) is 17.7 Å². The number of amides is 1. The number of aromatic hydroxyl groups is 1. The van der Waals surface area contributed by atoms with E-state index in [4.69, 9.17) is 4.42 Å². The Balaban J connectivity index is 1.45. The zero-order chi connectivity index (χ0) is 19.5. The summed E-state index contributed by atoms with van der Waals surface area (Å²) in [6, 6.07) is 13.0. The largest absolute Gasteiger partial charge is 0.508 e. The maximum absolute atomic E-state index is 13.1. The number of hydrogen-bond donors (Lipinski definition) is 2. The molecule has 2 aromatic heterocycles. The van der Waals surface area contributed by atoms with Crippen LogP contribution in [0.15, 0.2) is 46.9 Å². The van der Waals surface area contributed by atoms with Crippen LogP contribution in [0, 0.1) is 6.92 Å². The fourth-order valence-electron chi connectivity index (χ4n) is 3.85. The minimum Gasteiger partial charge on any atom is -0.508 e. The Bertz CT molecular complexity index is 942. The molecule has 0 aliphatic carbocycles. The van der Waals surface area contributed by atoms with Crippen molar-refractivity contribution >= 4 is 5.91 Å². The third-order valence-corrected chi connectivity index (χ3v) is 5.39. The van der Waals surface area contributed by atoms with Crippen LogP contribution in [0.1, 0.15) is 47.5 Å². The molecule has 2 N–H and O–H groups in total. The summed E-state index contributed by atoms with van der Waals surface area (Å²) in [7, 11) is 0. The molecule has 6 heteroatoms. The zero-order valence-electron chi connectivity index (χ0n) is 16.0. The van der Waals surface area contributed by atoms with Gasteiger partial charge in [0.25, 0.3) is 5.91 Å². The van der Waals surface area contributed by atoms with Crippen molar-refractivity contribution < 1.29 is 14.3 Å². The van der Waals surface area contributed by atoms with Crippen LogP contribution >= 0.6 is 0 Å². The number of aromatic nitrogens is 2. The molecule has 4 rings (SSSR count). The summed E-state index contributed by atoms with van der Waals surface area (Å²) in [6.45, 7) is 2.65. The SMILES string of the molecule is Cc1ccc(-c2cc(C(=O)N3CCCCC3CCc3ccc(O)cc3)n[nH]2)o1. The van der Waals surface area contributed by atoms with E-state index < -0.39 is 0 Å². The van der Waals surface area contributed by atoms with Crippen molar-refractivity contribution in [3.8, 4) is 17.2 Å². The lowest BCUT2D eigenvalue weighted by atomic mass is 9.95. The second-order valence-corrected chi connectivity index (χ2v) is 7.43. The number of carbonyl (C=O) groups is 1. The van der Waals surface area contributed by atoms with Gasteiger partial charge in [0.05, 0.1) is 0 Å². The zero-order valence-corrected chi connectivity index (χ0v) is 16.0. The molecule has 0 saturated carbocycles. The smallest absolute Gasteiger partial charge is 0.274 e. The van der Waals surface area contributed by atoms with Gasteiger partial charge in [0.1, 0.15) is 17.2 Å². The fourth-order valence-corrected chi connectivity index (χ4v) is 3.85. The lowest BCUT2D eigenvalue weighted by Crippen LogP contribution is -2.44. The van der Waals surface area contributed by atoms with Crippen molar-refractivity contribution in [1.82, 2.24) is 15.1 Å². The maximum atomic E-state index is 13.1. The lowest BCUT2D eigenvalue weighted by molar-refractivity contribution is 0.0596. The highest BCUT2D eigenvalue weighted by atomic mass is 16.3. The summed E-state index contributed by atoms with van der Waals surface area (Å²) in [5.41, 5.74) is 2.32. The molecule has 3 heterocycles. The maximum Gasteiger partial charge on any atom is 0.274 e. The number of H-pyrrole nitrogens is 1. The van der Waals surface area contributed by atoms with E-state index in [1.165, 1.54) is 5.56 Å². The summed E-state index contributed by atoms with van der Waals surface area (Å²) < 4.78 is 5.61. The van der Waals surface area contributed by atoms with Crippen molar-refractivity contribution in [2.75, 3.05) is 6.54 Å². The molecule has 0 spiro atoms. The van der Waals surface area contributed by atoms with E-state index in [0.717, 1.165) is 44.4 Å². The van der Waals surface area contributed by atoms with Crippen LogP contribution in [0.5, 0.6) is 5.75 Å². The molecule has 146 valence electrons. The van der Waals surface area contributed by atoms with Crippen LogP contribution in [0.2, 0.25) is 0 Å². The second kappa shape index (κ2) is 7.92. The molecule has 0 radical (unpaired) electrons. The first-order valence-electron chi connectivity index (χ1n) is 9.81. The third kappa shape index (κ3) is 3.96. The molecule has 1 saturated heterocycles. The number of carbonyl (C=O) groups excluding carboxylic acids is 1. The number of aryl methyl sites for hydroxylation is 2. The van der Waals surface area contributed by atoms with E-state index in [2.05, 4.69) is 10.2 Å². The Morgan fingerprint density at radius 2 is 2.07 bits per heavy atom. The van der Waals surface area contributed by atoms with Crippen LogP contribution in [-0.4, -0.2) is 38.7 Å². The van der Waals surface area contributed by atoms with Gasteiger partial charge in [-0.3, -0.25) is 9.89 Å². The summed E-state index contributed by atoms with van der Waals surface area (Å²) in [6.07, 6.45) is 4.97. The number of likely N-dealkylation sites (tertiary alicyclic amines) is 1. The van der Waals surface area contributed by atoms with Gasteiger partial charge in [-0.05, 0) is 68.9 Å². The topological polar surface area (TPSA) is 82.4 Å². The Hall–Kier alpha value is -3.02. The molecular formula is C22H25N3O3. The van der Waals surface area contributed by atoms with Crippen LogP contribution < -0.4 is 0 Å². The highest BCUT2D eigenvalue weighted by molar-refractivity contribution is 5.93. The van der Waals surface area contributed by atoms with E-state index in [1.54, 1.807) is 18.2 Å². The predicted molar refractivity (Wildman–Crippen MR) is 106 cm³/mol. The number of nitrogens with one attached hydrogen (secondary N) is 1. The van der Waals surface area contributed by atoms with Gasteiger partial charge in [0.15, 0.2) is 11.5 Å². The van der Waals surface area contributed by atoms with Crippen LogP contribution in [0.4, 0.5) is 0 Å². The molecule has 6 nitrogen and oxygen atoms in total. The summed E-state index contributed by atoms with van der Waals surface area (Å²) in [5, 5.41) is 16.6. The number of rotatable bonds is 5. The van der Waals surface area contributed by atoms with Gasteiger partial charge in [0.2, 0.25) is 0 Å². The molecule has 0 bridgehead atoms.